The van der Waals surface area contributed by atoms with Gasteiger partial charge in [0.05, 0.1) is 12.0 Å². The zero-order chi connectivity index (χ0) is 18.4. The van der Waals surface area contributed by atoms with Gasteiger partial charge in [0.25, 0.3) is 0 Å². The minimum Gasteiger partial charge on any atom is -0.548 e. The van der Waals surface area contributed by atoms with E-state index in [1.54, 1.807) is 45.0 Å². The summed E-state index contributed by atoms with van der Waals surface area (Å²) in [6.45, 7) is 5.31. The third-order valence-electron chi connectivity index (χ3n) is 4.45. The number of carboxylic acids is 1. The summed E-state index contributed by atoms with van der Waals surface area (Å²) in [6, 6.07) is 7.38. The second kappa shape index (κ2) is 8.16. The average Bonchev–Trinajstić information content (AvgIpc) is 2.81. The van der Waals surface area contributed by atoms with Gasteiger partial charge in [-0.25, -0.2) is 0 Å². The van der Waals surface area contributed by atoms with Gasteiger partial charge in [-0.05, 0) is 20.8 Å². The smallest absolute Gasteiger partial charge is 0.548 e. The number of carbonyl (C=O) groups is 3. The van der Waals surface area contributed by atoms with Crippen molar-refractivity contribution in [3.63, 3.8) is 0 Å². The number of rotatable bonds is 5. The molecule has 6 nitrogen and oxygen atoms in total. The molecule has 0 spiro atoms. The van der Waals surface area contributed by atoms with Crippen molar-refractivity contribution in [2.45, 2.75) is 43.0 Å². The molecule has 2 saturated heterocycles. The number of β-lactam (4-membered cyclic amide) rings is 1. The summed E-state index contributed by atoms with van der Waals surface area (Å²) >= 11 is 1.43. The molecule has 2 heterocycles. The molecule has 3 rings (SSSR count). The molecule has 0 radical (unpaired) electrons. The Bertz CT molecular complexity index is 766. The maximum atomic E-state index is 12.4. The topological polar surface area (TPSA) is 89.5 Å². The first-order chi connectivity index (χ1) is 11.7. The van der Waals surface area contributed by atoms with E-state index in [1.807, 2.05) is 6.07 Å². The minimum atomic E-state index is -1.24. The van der Waals surface area contributed by atoms with Crippen molar-refractivity contribution in [2.24, 2.45) is 0 Å². The molecule has 0 aliphatic carbocycles. The number of amides is 1. The summed E-state index contributed by atoms with van der Waals surface area (Å²) in [6.07, 6.45) is 1.45. The van der Waals surface area contributed by atoms with Crippen LogP contribution in [0.25, 0.3) is 0 Å². The average molecular weight is 399 g/mol. The van der Waals surface area contributed by atoms with E-state index in [2.05, 4.69) is 5.32 Å². The molecule has 1 N–H and O–H groups in total. The molecule has 1 aromatic carbocycles. The molecule has 0 unspecified atom stereocenters. The normalized spacial score (nSPS) is 26.4. The van der Waals surface area contributed by atoms with Gasteiger partial charge in [-0.1, -0.05) is 30.3 Å². The molecule has 26 heavy (non-hydrogen) atoms. The molecule has 2 aliphatic heterocycles. The van der Waals surface area contributed by atoms with E-state index in [1.165, 1.54) is 22.7 Å². The number of fused-ring (bicyclic) bond motifs is 1. The van der Waals surface area contributed by atoms with Crippen LogP contribution in [0.5, 0.6) is 0 Å². The Kier molecular flexibility index (Phi) is 6.79. The number of hydrogen-bond acceptors (Lipinski definition) is 6. The Morgan fingerprint density at radius 1 is 1.27 bits per heavy atom. The quantitative estimate of drug-likeness (QED) is 0.256. The maximum absolute atomic E-state index is 12.4. The number of benzene rings is 1. The van der Waals surface area contributed by atoms with Crippen LogP contribution in [0.15, 0.2) is 42.1 Å². The number of ketones is 1. The standard InChI is InChI=1S/C18H20N2O4S.K/c1-10(9-12(21)11-7-5-4-6-8-11)19-13-15(22)20-14(17(23)24)18(2,3)25-16(13)20;/h4-9,13-14,16,19H,1-3H3,(H,23,24);/q;+1/p-1/t13-,14+,16-;/m1./s1. The van der Waals surface area contributed by atoms with Gasteiger partial charge < -0.3 is 20.1 Å². The SMILES string of the molecule is CC(=CC(=O)c1ccccc1)N[C@@H]1C(=O)N2[C@@H]1SC(C)(C)[C@@H]2C(=O)[O-].[K+]. The number of nitrogens with one attached hydrogen (secondary N) is 1. The second-order valence-electron chi connectivity index (χ2n) is 6.76. The van der Waals surface area contributed by atoms with Crippen LogP contribution >= 0.6 is 11.8 Å². The van der Waals surface area contributed by atoms with Crippen molar-refractivity contribution in [2.75, 3.05) is 0 Å². The van der Waals surface area contributed by atoms with E-state index in [-0.39, 0.29) is 68.4 Å². The summed E-state index contributed by atoms with van der Waals surface area (Å²) in [7, 11) is 0. The number of hydrogen-bond donors (Lipinski definition) is 1. The van der Waals surface area contributed by atoms with Gasteiger partial charge in [0.15, 0.2) is 5.78 Å². The largest absolute Gasteiger partial charge is 1.00 e. The van der Waals surface area contributed by atoms with Crippen LogP contribution in [0, 0.1) is 0 Å². The molecule has 8 heteroatoms. The number of allylic oxidation sites excluding steroid dienone is 2. The minimum absolute atomic E-state index is 0. The van der Waals surface area contributed by atoms with Crippen molar-refractivity contribution >= 4 is 29.4 Å². The van der Waals surface area contributed by atoms with E-state index >= 15 is 0 Å². The van der Waals surface area contributed by atoms with Crippen LogP contribution in [0.4, 0.5) is 0 Å². The van der Waals surface area contributed by atoms with Crippen molar-refractivity contribution in [1.29, 1.82) is 0 Å². The van der Waals surface area contributed by atoms with E-state index < -0.39 is 22.8 Å². The third kappa shape index (κ3) is 3.95. The van der Waals surface area contributed by atoms with Crippen molar-refractivity contribution in [3.8, 4) is 0 Å². The summed E-state index contributed by atoms with van der Waals surface area (Å²) in [5, 5.41) is 14.2. The van der Waals surface area contributed by atoms with Crippen molar-refractivity contribution in [1.82, 2.24) is 10.2 Å². The summed E-state index contributed by atoms with van der Waals surface area (Å²) < 4.78 is -0.618. The maximum Gasteiger partial charge on any atom is 1.00 e. The summed E-state index contributed by atoms with van der Waals surface area (Å²) in [5.41, 5.74) is 1.14. The molecule has 2 aliphatic rings. The Morgan fingerprint density at radius 3 is 2.46 bits per heavy atom. The fourth-order valence-corrected chi connectivity index (χ4v) is 4.92. The van der Waals surface area contributed by atoms with Gasteiger partial charge in [-0.15, -0.1) is 11.8 Å². The van der Waals surface area contributed by atoms with Gasteiger partial charge in [0, 0.05) is 22.1 Å². The van der Waals surface area contributed by atoms with Gasteiger partial charge in [-0.2, -0.15) is 0 Å². The fraction of sp³-hybridized carbons (Fsp3) is 0.389. The zero-order valence-electron chi connectivity index (χ0n) is 15.2. The predicted molar refractivity (Wildman–Crippen MR) is 92.6 cm³/mol. The number of carboxylic acid groups (broad SMARTS) is 1. The molecular weight excluding hydrogens is 379 g/mol. The molecule has 132 valence electrons. The van der Waals surface area contributed by atoms with E-state index in [0.29, 0.717) is 11.3 Å². The fourth-order valence-electron chi connectivity index (χ4n) is 3.30. The monoisotopic (exact) mass is 398 g/mol. The molecule has 1 aromatic rings. The number of carbonyl (C=O) groups excluding carboxylic acids is 3. The van der Waals surface area contributed by atoms with E-state index in [9.17, 15) is 19.5 Å². The van der Waals surface area contributed by atoms with E-state index in [0.717, 1.165) is 0 Å². The molecule has 0 saturated carbocycles. The molecule has 0 bridgehead atoms. The van der Waals surface area contributed by atoms with Crippen LogP contribution in [-0.2, 0) is 9.59 Å². The first-order valence-electron chi connectivity index (χ1n) is 7.97. The summed E-state index contributed by atoms with van der Waals surface area (Å²) in [4.78, 5) is 37.3. The van der Waals surface area contributed by atoms with Crippen LogP contribution in [0.2, 0.25) is 0 Å². The molecule has 2 fully saturated rings. The van der Waals surface area contributed by atoms with Crippen LogP contribution in [0.1, 0.15) is 31.1 Å². The number of thioether (sulfide) groups is 1. The van der Waals surface area contributed by atoms with E-state index in [4.69, 9.17) is 0 Å². The van der Waals surface area contributed by atoms with Crippen molar-refractivity contribution < 1.29 is 70.9 Å². The number of nitrogens with zero attached hydrogens (tertiary/aromatic N) is 1. The van der Waals surface area contributed by atoms with Gasteiger partial charge >= 0.3 is 51.4 Å². The second-order valence-corrected chi connectivity index (χ2v) is 8.53. The van der Waals surface area contributed by atoms with Crippen LogP contribution < -0.4 is 61.8 Å². The Morgan fingerprint density at radius 2 is 1.88 bits per heavy atom. The first-order valence-corrected chi connectivity index (χ1v) is 8.85. The number of aliphatic carboxylic acids is 1. The Balaban J connectivity index is 0.00000243. The van der Waals surface area contributed by atoms with Crippen molar-refractivity contribution in [3.05, 3.63) is 47.7 Å². The molecule has 0 aromatic heterocycles. The molecule has 3 atom stereocenters. The summed E-state index contributed by atoms with van der Waals surface area (Å²) in [5.74, 6) is -1.67. The Hall–Kier alpha value is -0.644. The predicted octanol–water partition coefficient (Wildman–Crippen LogP) is -2.45. The third-order valence-corrected chi connectivity index (χ3v) is 6.02. The van der Waals surface area contributed by atoms with Crippen LogP contribution in [0.3, 0.4) is 0 Å². The van der Waals surface area contributed by atoms with Gasteiger partial charge in [0.1, 0.15) is 11.4 Å². The van der Waals surface area contributed by atoms with Crippen LogP contribution in [-0.4, -0.2) is 44.8 Å². The Labute approximate surface area is 199 Å². The van der Waals surface area contributed by atoms with Gasteiger partial charge in [-0.3, -0.25) is 9.59 Å². The zero-order valence-corrected chi connectivity index (χ0v) is 19.1. The first kappa shape index (κ1) is 21.7. The van der Waals surface area contributed by atoms with Gasteiger partial charge in [0.2, 0.25) is 5.91 Å². The molecular formula is C18H19KN2O4S. The molecule has 1 amide bonds.